The van der Waals surface area contributed by atoms with Crippen LogP contribution in [0.1, 0.15) is 54.7 Å². The van der Waals surface area contributed by atoms with Gasteiger partial charge in [-0.05, 0) is 62.9 Å². The molecule has 156 valence electrons. The van der Waals surface area contributed by atoms with Gasteiger partial charge >= 0.3 is 6.09 Å². The number of fused-ring (bicyclic) bond motifs is 1. The highest BCUT2D eigenvalue weighted by Crippen LogP contribution is 2.45. The molecular formula is C24H26N2O4. The number of nitrogens with zero attached hydrogens (tertiary/aromatic N) is 1. The monoisotopic (exact) mass is 406 g/mol. The highest BCUT2D eigenvalue weighted by Gasteiger charge is 2.50. The summed E-state index contributed by atoms with van der Waals surface area (Å²) in [6.07, 6.45) is 0.127. The van der Waals surface area contributed by atoms with E-state index in [1.807, 2.05) is 24.3 Å². The fraction of sp³-hybridized carbons (Fsp3) is 0.375. The van der Waals surface area contributed by atoms with Crippen molar-refractivity contribution in [2.24, 2.45) is 5.41 Å². The molecule has 1 aliphatic rings. The molecular weight excluding hydrogens is 380 g/mol. The maximum absolute atomic E-state index is 13.6. The lowest BCUT2D eigenvalue weighted by Gasteiger charge is -2.38. The largest absolute Gasteiger partial charge is 0.497 e. The Kier molecular flexibility index (Phi) is 5.84. The van der Waals surface area contributed by atoms with Crippen molar-refractivity contribution >= 4 is 11.9 Å². The zero-order chi connectivity index (χ0) is 21.9. The topological polar surface area (TPSA) is 88.4 Å². The van der Waals surface area contributed by atoms with Crippen LogP contribution in [0.5, 0.6) is 5.75 Å². The summed E-state index contributed by atoms with van der Waals surface area (Å²) < 4.78 is 10.7. The maximum Gasteiger partial charge on any atom is 0.408 e. The van der Waals surface area contributed by atoms with Gasteiger partial charge in [0.25, 0.3) is 0 Å². The zero-order valence-corrected chi connectivity index (χ0v) is 17.7. The van der Waals surface area contributed by atoms with Gasteiger partial charge in [-0.3, -0.25) is 4.79 Å². The first-order chi connectivity index (χ1) is 14.2. The minimum atomic E-state index is -1.44. The van der Waals surface area contributed by atoms with Gasteiger partial charge in [-0.15, -0.1) is 0 Å². The van der Waals surface area contributed by atoms with Crippen LogP contribution in [0.25, 0.3) is 0 Å². The fourth-order valence-electron chi connectivity index (χ4n) is 3.82. The summed E-state index contributed by atoms with van der Waals surface area (Å²) in [5.74, 6) is 0.358. The number of ketones is 1. The van der Waals surface area contributed by atoms with E-state index in [0.717, 1.165) is 5.56 Å². The van der Waals surface area contributed by atoms with Gasteiger partial charge < -0.3 is 14.8 Å². The van der Waals surface area contributed by atoms with Crippen molar-refractivity contribution in [1.29, 1.82) is 5.26 Å². The molecule has 30 heavy (non-hydrogen) atoms. The Morgan fingerprint density at radius 1 is 1.20 bits per heavy atom. The van der Waals surface area contributed by atoms with Gasteiger partial charge in [0.2, 0.25) is 0 Å². The molecule has 0 aromatic heterocycles. The Morgan fingerprint density at radius 2 is 1.90 bits per heavy atom. The molecule has 0 heterocycles. The van der Waals surface area contributed by atoms with Crippen LogP contribution in [0.3, 0.4) is 0 Å². The predicted octanol–water partition coefficient (Wildman–Crippen LogP) is 4.60. The van der Waals surface area contributed by atoms with Crippen molar-refractivity contribution in [2.75, 3.05) is 7.11 Å². The van der Waals surface area contributed by atoms with Crippen LogP contribution in [-0.2, 0) is 11.2 Å². The Balaban J connectivity index is 2.05. The van der Waals surface area contributed by atoms with Crippen molar-refractivity contribution in [1.82, 2.24) is 5.32 Å². The number of alkyl carbamates (subject to hydrolysis) is 1. The van der Waals surface area contributed by atoms with E-state index < -0.39 is 23.2 Å². The van der Waals surface area contributed by atoms with Crippen LogP contribution in [-0.4, -0.2) is 24.6 Å². The van der Waals surface area contributed by atoms with Crippen LogP contribution in [0.15, 0.2) is 48.5 Å². The van der Waals surface area contributed by atoms with Crippen LogP contribution >= 0.6 is 0 Å². The second-order valence-corrected chi connectivity index (χ2v) is 8.43. The predicted molar refractivity (Wildman–Crippen MR) is 112 cm³/mol. The number of hydrogen-bond acceptors (Lipinski definition) is 5. The molecule has 1 N–H and O–H groups in total. The number of methoxy groups -OCH3 is 1. The third-order valence-corrected chi connectivity index (χ3v) is 5.24. The number of rotatable bonds is 4. The summed E-state index contributed by atoms with van der Waals surface area (Å²) >= 11 is 0. The summed E-state index contributed by atoms with van der Waals surface area (Å²) in [4.78, 5) is 26.2. The van der Waals surface area contributed by atoms with Gasteiger partial charge in [-0.25, -0.2) is 4.79 Å². The standard InChI is InChI=1S/C24H26N2O4/c1-23(2,3)30-22(28)26-20(16-8-6-5-7-9-16)24(15-25)13-12-17-14-18(29-4)10-11-19(17)21(24)27/h5-11,14,20H,12-13H2,1-4H3,(H,26,28)/t20-,24+/m0/s1. The smallest absolute Gasteiger partial charge is 0.408 e. The molecule has 2 aromatic rings. The first-order valence-corrected chi connectivity index (χ1v) is 9.87. The molecule has 0 saturated heterocycles. The van der Waals surface area contributed by atoms with Crippen LogP contribution in [0, 0.1) is 16.7 Å². The summed E-state index contributed by atoms with van der Waals surface area (Å²) in [7, 11) is 1.57. The molecule has 0 bridgehead atoms. The Morgan fingerprint density at radius 3 is 2.50 bits per heavy atom. The maximum atomic E-state index is 13.6. The van der Waals surface area contributed by atoms with Crippen LogP contribution in [0.2, 0.25) is 0 Å². The highest BCUT2D eigenvalue weighted by atomic mass is 16.6. The number of nitrogens with one attached hydrogen (secondary N) is 1. The minimum Gasteiger partial charge on any atom is -0.497 e. The van der Waals surface area contributed by atoms with Gasteiger partial charge in [0.1, 0.15) is 16.8 Å². The third-order valence-electron chi connectivity index (χ3n) is 5.24. The Labute approximate surface area is 176 Å². The number of amides is 1. The van der Waals surface area contributed by atoms with Gasteiger partial charge in [0, 0.05) is 5.56 Å². The van der Waals surface area contributed by atoms with Crippen LogP contribution < -0.4 is 10.1 Å². The minimum absolute atomic E-state index is 0.276. The number of hydrogen-bond donors (Lipinski definition) is 1. The Hall–Kier alpha value is -3.33. The summed E-state index contributed by atoms with van der Waals surface area (Å²) in [6, 6.07) is 15.7. The van der Waals surface area contributed by atoms with Crippen molar-refractivity contribution in [2.45, 2.75) is 45.3 Å². The SMILES string of the molecule is COc1ccc2c(c1)CC[C@@](C#N)([C@@H](NC(=O)OC(C)(C)C)c1ccccc1)C2=O. The van der Waals surface area contributed by atoms with E-state index in [1.54, 1.807) is 52.1 Å². The molecule has 0 saturated carbocycles. The van der Waals surface area contributed by atoms with E-state index in [0.29, 0.717) is 23.3 Å². The van der Waals surface area contributed by atoms with E-state index in [9.17, 15) is 14.9 Å². The lowest BCUT2D eigenvalue weighted by atomic mass is 9.65. The van der Waals surface area contributed by atoms with Gasteiger partial charge in [0.15, 0.2) is 5.78 Å². The third kappa shape index (κ3) is 4.16. The number of Topliss-reactive ketones (excluding diaryl/α,β-unsaturated/α-hetero) is 1. The van der Waals surface area contributed by atoms with E-state index in [4.69, 9.17) is 9.47 Å². The van der Waals surface area contributed by atoms with Gasteiger partial charge in [-0.1, -0.05) is 30.3 Å². The number of nitriles is 1. The quantitative estimate of drug-likeness (QED) is 0.802. The second-order valence-electron chi connectivity index (χ2n) is 8.43. The van der Waals surface area contributed by atoms with Gasteiger partial charge in [-0.2, -0.15) is 5.26 Å². The molecule has 0 fully saturated rings. The molecule has 6 heteroatoms. The summed E-state index contributed by atoms with van der Waals surface area (Å²) in [5.41, 5.74) is -0.148. The lowest BCUT2D eigenvalue weighted by Crippen LogP contribution is -2.48. The molecule has 1 amide bonds. The van der Waals surface area contributed by atoms with Crippen molar-refractivity contribution in [3.05, 3.63) is 65.2 Å². The van der Waals surface area contributed by atoms with Crippen molar-refractivity contribution in [3.63, 3.8) is 0 Å². The molecule has 0 spiro atoms. The number of ether oxygens (including phenoxy) is 2. The van der Waals surface area contributed by atoms with E-state index in [-0.39, 0.29) is 12.2 Å². The number of aryl methyl sites for hydroxylation is 1. The normalized spacial score (nSPS) is 19.2. The fourth-order valence-corrected chi connectivity index (χ4v) is 3.82. The molecule has 2 atom stereocenters. The molecule has 0 aliphatic heterocycles. The highest BCUT2D eigenvalue weighted by molar-refractivity contribution is 6.05. The van der Waals surface area contributed by atoms with Crippen molar-refractivity contribution in [3.8, 4) is 11.8 Å². The molecule has 0 radical (unpaired) electrons. The number of carbonyl (C=O) groups excluding carboxylic acids is 2. The molecule has 6 nitrogen and oxygen atoms in total. The molecule has 1 aliphatic carbocycles. The van der Waals surface area contributed by atoms with Crippen LogP contribution in [0.4, 0.5) is 4.79 Å². The van der Waals surface area contributed by atoms with E-state index >= 15 is 0 Å². The van der Waals surface area contributed by atoms with Gasteiger partial charge in [0.05, 0.1) is 19.2 Å². The zero-order valence-electron chi connectivity index (χ0n) is 17.7. The summed E-state index contributed by atoms with van der Waals surface area (Å²) in [6.45, 7) is 5.29. The first kappa shape index (κ1) is 21.4. The number of benzene rings is 2. The Bertz CT molecular complexity index is 989. The average molecular weight is 406 g/mol. The number of carbonyl (C=O) groups is 2. The first-order valence-electron chi connectivity index (χ1n) is 9.87. The molecule has 2 aromatic carbocycles. The molecule has 3 rings (SSSR count). The van der Waals surface area contributed by atoms with E-state index in [2.05, 4.69) is 11.4 Å². The lowest BCUT2D eigenvalue weighted by molar-refractivity contribution is 0.0451. The molecule has 0 unspecified atom stereocenters. The van der Waals surface area contributed by atoms with E-state index in [1.165, 1.54) is 0 Å². The summed E-state index contributed by atoms with van der Waals surface area (Å²) in [5, 5.41) is 13.0. The average Bonchev–Trinajstić information content (AvgIpc) is 2.72. The van der Waals surface area contributed by atoms with Crippen molar-refractivity contribution < 1.29 is 19.1 Å². The second kappa shape index (κ2) is 8.19.